The number of fused-ring (bicyclic) bond motifs is 1. The lowest BCUT2D eigenvalue weighted by molar-refractivity contribution is 0.0686. The molecule has 1 aliphatic heterocycles. The van der Waals surface area contributed by atoms with Gasteiger partial charge >= 0.3 is 6.09 Å². The molecule has 2 aromatic rings. The van der Waals surface area contributed by atoms with Gasteiger partial charge in [-0.15, -0.1) is 0 Å². The van der Waals surface area contributed by atoms with Crippen LogP contribution in [0, 0.1) is 5.41 Å². The summed E-state index contributed by atoms with van der Waals surface area (Å²) in [6.07, 6.45) is 1.67. The Morgan fingerprint density at radius 1 is 1.29 bits per heavy atom. The minimum atomic E-state index is -3.91. The molecule has 1 aromatic heterocycles. The summed E-state index contributed by atoms with van der Waals surface area (Å²) in [4.78, 5) is 18.4. The van der Waals surface area contributed by atoms with E-state index in [9.17, 15) is 13.2 Å². The zero-order valence-corrected chi connectivity index (χ0v) is 20.3. The first-order chi connectivity index (χ1) is 14.5. The standard InChI is InChI=1S/C21H26BrN3O5S/c1-21(2,3)13-30-20(26)25-8-7-17-14(12-25)9-16(11-23-17)24-31(27,28)19-10-15(22)5-6-18(19)29-4/h5-6,9-11,24H,7-8,12-13H2,1-4H3. The summed E-state index contributed by atoms with van der Waals surface area (Å²) in [6, 6.07) is 6.45. The molecule has 168 valence electrons. The molecule has 10 heteroatoms. The van der Waals surface area contributed by atoms with Crippen LogP contribution in [-0.4, -0.2) is 44.7 Å². The van der Waals surface area contributed by atoms with E-state index in [4.69, 9.17) is 9.47 Å². The molecule has 1 N–H and O–H groups in total. The van der Waals surface area contributed by atoms with E-state index in [1.165, 1.54) is 19.4 Å². The summed E-state index contributed by atoms with van der Waals surface area (Å²) in [5, 5.41) is 0. The maximum atomic E-state index is 12.9. The van der Waals surface area contributed by atoms with E-state index in [0.717, 1.165) is 11.3 Å². The van der Waals surface area contributed by atoms with E-state index in [1.807, 2.05) is 20.8 Å². The van der Waals surface area contributed by atoms with Crippen LogP contribution in [0.5, 0.6) is 5.75 Å². The van der Waals surface area contributed by atoms with Crippen molar-refractivity contribution in [3.05, 3.63) is 46.2 Å². The van der Waals surface area contributed by atoms with Crippen molar-refractivity contribution in [1.29, 1.82) is 0 Å². The molecule has 0 atom stereocenters. The molecule has 8 nitrogen and oxygen atoms in total. The molecule has 1 aromatic carbocycles. The highest BCUT2D eigenvalue weighted by Gasteiger charge is 2.26. The number of rotatable bonds is 5. The van der Waals surface area contributed by atoms with Crippen LogP contribution in [-0.2, 0) is 27.7 Å². The number of nitrogens with zero attached hydrogens (tertiary/aromatic N) is 2. The Morgan fingerprint density at radius 2 is 2.03 bits per heavy atom. The molecule has 0 saturated carbocycles. The van der Waals surface area contributed by atoms with Gasteiger partial charge in [0.2, 0.25) is 0 Å². The van der Waals surface area contributed by atoms with Crippen molar-refractivity contribution in [2.24, 2.45) is 5.41 Å². The van der Waals surface area contributed by atoms with Crippen LogP contribution in [0.2, 0.25) is 0 Å². The minimum Gasteiger partial charge on any atom is -0.495 e. The summed E-state index contributed by atoms with van der Waals surface area (Å²) in [7, 11) is -2.50. The van der Waals surface area contributed by atoms with Crippen molar-refractivity contribution in [2.45, 2.75) is 38.6 Å². The molecular weight excluding hydrogens is 486 g/mol. The van der Waals surface area contributed by atoms with Crippen LogP contribution in [0.25, 0.3) is 0 Å². The van der Waals surface area contributed by atoms with Gasteiger partial charge in [0, 0.05) is 23.1 Å². The van der Waals surface area contributed by atoms with Gasteiger partial charge < -0.3 is 14.4 Å². The average Bonchev–Trinajstić information content (AvgIpc) is 2.70. The van der Waals surface area contributed by atoms with Crippen molar-refractivity contribution >= 4 is 37.7 Å². The fraction of sp³-hybridized carbons (Fsp3) is 0.429. The van der Waals surface area contributed by atoms with Gasteiger partial charge in [0.25, 0.3) is 10.0 Å². The highest BCUT2D eigenvalue weighted by atomic mass is 79.9. The van der Waals surface area contributed by atoms with Crippen molar-refractivity contribution < 1.29 is 22.7 Å². The summed E-state index contributed by atoms with van der Waals surface area (Å²) >= 11 is 3.29. The Hall–Kier alpha value is -2.33. The van der Waals surface area contributed by atoms with Gasteiger partial charge in [-0.2, -0.15) is 0 Å². The summed E-state index contributed by atoms with van der Waals surface area (Å²) in [5.74, 6) is 0.231. The van der Waals surface area contributed by atoms with Crippen LogP contribution in [0.3, 0.4) is 0 Å². The van der Waals surface area contributed by atoms with E-state index in [0.29, 0.717) is 36.3 Å². The number of hydrogen-bond acceptors (Lipinski definition) is 6. The molecule has 0 spiro atoms. The quantitative estimate of drug-likeness (QED) is 0.645. The van der Waals surface area contributed by atoms with Crippen LogP contribution in [0.15, 0.2) is 39.8 Å². The highest BCUT2D eigenvalue weighted by Crippen LogP contribution is 2.30. The molecule has 3 rings (SSSR count). The third-order valence-electron chi connectivity index (χ3n) is 4.59. The number of ether oxygens (including phenoxy) is 2. The molecule has 0 bridgehead atoms. The van der Waals surface area contributed by atoms with Crippen LogP contribution in [0.4, 0.5) is 10.5 Å². The lowest BCUT2D eigenvalue weighted by Crippen LogP contribution is -2.38. The van der Waals surface area contributed by atoms with Gasteiger partial charge in [0.1, 0.15) is 10.6 Å². The third-order valence-corrected chi connectivity index (χ3v) is 6.49. The number of aromatic nitrogens is 1. The first kappa shape index (κ1) is 23.3. The first-order valence-corrected chi connectivity index (χ1v) is 12.0. The van der Waals surface area contributed by atoms with Gasteiger partial charge in [0.15, 0.2) is 0 Å². The Kier molecular flexibility index (Phi) is 6.80. The zero-order valence-electron chi connectivity index (χ0n) is 17.9. The zero-order chi connectivity index (χ0) is 22.8. The minimum absolute atomic E-state index is 0.00878. The number of benzene rings is 1. The number of hydrogen-bond donors (Lipinski definition) is 1. The smallest absolute Gasteiger partial charge is 0.410 e. The number of pyridine rings is 1. The number of nitrogens with one attached hydrogen (secondary N) is 1. The summed E-state index contributed by atoms with van der Waals surface area (Å²) in [6.45, 7) is 7.11. The third kappa shape index (κ3) is 5.88. The largest absolute Gasteiger partial charge is 0.495 e. The fourth-order valence-corrected chi connectivity index (χ4v) is 4.82. The van der Waals surface area contributed by atoms with Gasteiger partial charge in [-0.3, -0.25) is 9.71 Å². The normalized spacial score (nSPS) is 14.0. The number of sulfonamides is 1. The molecular formula is C21H26BrN3O5S. The molecule has 0 radical (unpaired) electrons. The molecule has 2 heterocycles. The van der Waals surface area contributed by atoms with Crippen LogP contribution >= 0.6 is 15.9 Å². The maximum absolute atomic E-state index is 12.9. The second kappa shape index (κ2) is 9.04. The molecule has 1 amide bonds. The van der Waals surface area contributed by atoms with Crippen LogP contribution < -0.4 is 9.46 Å². The van der Waals surface area contributed by atoms with E-state index < -0.39 is 10.0 Å². The second-order valence-corrected chi connectivity index (χ2v) is 11.1. The molecule has 0 saturated heterocycles. The number of amides is 1. The predicted octanol–water partition coefficient (Wildman–Crippen LogP) is 4.19. The Balaban J connectivity index is 1.78. The van der Waals surface area contributed by atoms with Gasteiger partial charge in [-0.05, 0) is 35.2 Å². The molecule has 0 aliphatic carbocycles. The van der Waals surface area contributed by atoms with E-state index in [1.54, 1.807) is 23.1 Å². The van der Waals surface area contributed by atoms with Crippen molar-refractivity contribution in [3.63, 3.8) is 0 Å². The monoisotopic (exact) mass is 511 g/mol. The van der Waals surface area contributed by atoms with Gasteiger partial charge in [-0.1, -0.05) is 36.7 Å². The summed E-state index contributed by atoms with van der Waals surface area (Å²) in [5.41, 5.74) is 1.80. The number of anilines is 1. The number of carbonyl (C=O) groups is 1. The number of methoxy groups -OCH3 is 1. The number of halogens is 1. The first-order valence-electron chi connectivity index (χ1n) is 9.74. The molecule has 0 fully saturated rings. The highest BCUT2D eigenvalue weighted by molar-refractivity contribution is 9.10. The lowest BCUT2D eigenvalue weighted by Gasteiger charge is -2.29. The SMILES string of the molecule is COc1ccc(Br)cc1S(=O)(=O)Nc1cnc2c(c1)CN(C(=O)OCC(C)(C)C)CC2. The summed E-state index contributed by atoms with van der Waals surface area (Å²) < 4.78 is 39.6. The topological polar surface area (TPSA) is 97.8 Å². The van der Waals surface area contributed by atoms with Crippen molar-refractivity contribution in [2.75, 3.05) is 25.0 Å². The lowest BCUT2D eigenvalue weighted by atomic mass is 9.99. The number of carbonyl (C=O) groups excluding carboxylic acids is 1. The van der Waals surface area contributed by atoms with Gasteiger partial charge in [-0.25, -0.2) is 13.2 Å². The maximum Gasteiger partial charge on any atom is 0.410 e. The average molecular weight is 512 g/mol. The molecule has 31 heavy (non-hydrogen) atoms. The van der Waals surface area contributed by atoms with Crippen molar-refractivity contribution in [1.82, 2.24) is 9.88 Å². The fourth-order valence-electron chi connectivity index (χ4n) is 3.08. The van der Waals surface area contributed by atoms with Gasteiger partial charge in [0.05, 0.1) is 32.1 Å². The molecule has 0 unspecified atom stereocenters. The Labute approximate surface area is 191 Å². The van der Waals surface area contributed by atoms with E-state index >= 15 is 0 Å². The molecule has 1 aliphatic rings. The van der Waals surface area contributed by atoms with E-state index in [-0.39, 0.29) is 22.2 Å². The Bertz CT molecular complexity index is 1080. The van der Waals surface area contributed by atoms with Crippen LogP contribution in [0.1, 0.15) is 32.0 Å². The second-order valence-electron chi connectivity index (χ2n) is 8.52. The predicted molar refractivity (Wildman–Crippen MR) is 121 cm³/mol. The van der Waals surface area contributed by atoms with Crippen molar-refractivity contribution in [3.8, 4) is 5.75 Å². The Morgan fingerprint density at radius 3 is 2.71 bits per heavy atom. The van der Waals surface area contributed by atoms with E-state index in [2.05, 4.69) is 25.6 Å².